The molecule has 0 saturated heterocycles. The van der Waals surface area contributed by atoms with Gasteiger partial charge in [-0.1, -0.05) is 20.8 Å². The van der Waals surface area contributed by atoms with E-state index in [0.29, 0.717) is 0 Å². The van der Waals surface area contributed by atoms with Crippen LogP contribution in [0.2, 0.25) is 0 Å². The van der Waals surface area contributed by atoms with Gasteiger partial charge in [0.15, 0.2) is 0 Å². The lowest BCUT2D eigenvalue weighted by Gasteiger charge is -1.99. The van der Waals surface area contributed by atoms with Gasteiger partial charge in [0.2, 0.25) is 0 Å². The van der Waals surface area contributed by atoms with E-state index in [4.69, 9.17) is 5.73 Å². The number of nitrogens with two attached hydrogens (primary N) is 1. The van der Waals surface area contributed by atoms with E-state index >= 15 is 0 Å². The zero-order valence-corrected chi connectivity index (χ0v) is 10.0. The molecule has 0 aromatic rings. The monoisotopic (exact) mass is 204 g/mol. The Morgan fingerprint density at radius 1 is 0.714 bits per heavy atom. The molecule has 88 valence electrons. The maximum Gasteiger partial charge on any atom is 0.00766 e. The van der Waals surface area contributed by atoms with E-state index < -0.39 is 0 Å². The molecule has 0 amide bonds. The first-order chi connectivity index (χ1) is 6.83. The third kappa shape index (κ3) is 22.6. The van der Waals surface area contributed by atoms with Crippen molar-refractivity contribution < 1.29 is 0 Å². The van der Waals surface area contributed by atoms with Gasteiger partial charge >= 0.3 is 0 Å². The second kappa shape index (κ2) is 18.6. The second-order valence-corrected chi connectivity index (χ2v) is 2.85. The molecule has 0 atom stereocenters. The van der Waals surface area contributed by atoms with Crippen LogP contribution in [0.3, 0.4) is 0 Å². The smallest absolute Gasteiger partial charge is 0.00766 e. The third-order valence-electron chi connectivity index (χ3n) is 1.55. The van der Waals surface area contributed by atoms with Crippen LogP contribution >= 0.6 is 0 Å². The van der Waals surface area contributed by atoms with Crippen LogP contribution < -0.4 is 21.7 Å². The summed E-state index contributed by atoms with van der Waals surface area (Å²) < 4.78 is 0. The fourth-order valence-electron chi connectivity index (χ4n) is 0.809. The summed E-state index contributed by atoms with van der Waals surface area (Å²) >= 11 is 0. The molecule has 0 fully saturated rings. The van der Waals surface area contributed by atoms with Gasteiger partial charge in [0.1, 0.15) is 0 Å². The highest BCUT2D eigenvalue weighted by molar-refractivity contribution is 4.46. The quantitative estimate of drug-likeness (QED) is 0.412. The predicted molar refractivity (Wildman–Crippen MR) is 64.7 cm³/mol. The summed E-state index contributed by atoms with van der Waals surface area (Å²) in [7, 11) is 0. The van der Waals surface area contributed by atoms with Gasteiger partial charge in [-0.05, 0) is 19.6 Å². The molecule has 14 heavy (non-hydrogen) atoms. The molecule has 0 rings (SSSR count). The Labute approximate surface area is 89.0 Å². The van der Waals surface area contributed by atoms with Gasteiger partial charge in [-0.2, -0.15) is 0 Å². The summed E-state index contributed by atoms with van der Waals surface area (Å²) in [6.45, 7) is 13.3. The maximum absolute atomic E-state index is 5.15. The van der Waals surface area contributed by atoms with Gasteiger partial charge < -0.3 is 21.7 Å². The number of nitrogens with one attached hydrogen (secondary N) is 3. The van der Waals surface area contributed by atoms with Crippen LogP contribution in [0.4, 0.5) is 0 Å². The van der Waals surface area contributed by atoms with E-state index in [2.05, 4.69) is 36.7 Å². The average Bonchev–Trinajstić information content (AvgIpc) is 2.22. The Kier molecular flexibility index (Phi) is 21.6. The van der Waals surface area contributed by atoms with Crippen molar-refractivity contribution in [1.82, 2.24) is 16.0 Å². The fraction of sp³-hybridized carbons (Fsp3) is 1.00. The molecular formula is C10H28N4. The first kappa shape index (κ1) is 16.3. The number of rotatable bonds is 8. The Hall–Kier alpha value is -0.160. The zero-order valence-electron chi connectivity index (χ0n) is 10.0. The van der Waals surface area contributed by atoms with E-state index in [0.717, 1.165) is 45.8 Å². The molecule has 0 heterocycles. The second-order valence-electron chi connectivity index (χ2n) is 2.85. The molecule has 0 aliphatic carbocycles. The average molecular weight is 204 g/mol. The normalized spacial score (nSPS) is 9.43. The summed E-state index contributed by atoms with van der Waals surface area (Å²) in [5, 5.41) is 9.51. The van der Waals surface area contributed by atoms with E-state index in [1.165, 1.54) is 0 Å². The van der Waals surface area contributed by atoms with Crippen LogP contribution in [-0.4, -0.2) is 45.8 Å². The summed E-state index contributed by atoms with van der Waals surface area (Å²) in [5.41, 5.74) is 5.15. The summed E-state index contributed by atoms with van der Waals surface area (Å²) in [5.74, 6) is 0. The zero-order chi connectivity index (χ0) is 11.1. The summed E-state index contributed by atoms with van der Waals surface area (Å²) in [4.78, 5) is 0. The molecule has 0 aliphatic rings. The predicted octanol–water partition coefficient (Wildman–Crippen LogP) is -0.240. The highest BCUT2D eigenvalue weighted by atomic mass is 14.9. The van der Waals surface area contributed by atoms with Crippen LogP contribution in [0.15, 0.2) is 0 Å². The summed E-state index contributed by atoms with van der Waals surface area (Å²) in [6.07, 6.45) is 0. The first-order valence-corrected chi connectivity index (χ1v) is 5.65. The largest absolute Gasteiger partial charge is 0.329 e. The summed E-state index contributed by atoms with van der Waals surface area (Å²) in [6, 6.07) is 0. The van der Waals surface area contributed by atoms with Crippen molar-refractivity contribution in [2.24, 2.45) is 5.73 Å². The van der Waals surface area contributed by atoms with Crippen molar-refractivity contribution >= 4 is 0 Å². The van der Waals surface area contributed by atoms with Gasteiger partial charge in [0.05, 0.1) is 0 Å². The molecule has 0 aromatic carbocycles. The van der Waals surface area contributed by atoms with Gasteiger partial charge in [-0.25, -0.2) is 0 Å². The number of hydrogen-bond donors (Lipinski definition) is 4. The van der Waals surface area contributed by atoms with Crippen LogP contribution in [0.25, 0.3) is 0 Å². The van der Waals surface area contributed by atoms with Crippen LogP contribution in [-0.2, 0) is 0 Å². The molecule has 5 N–H and O–H groups in total. The SMILES string of the molecule is CCNCCN.CCNCCNCC. The van der Waals surface area contributed by atoms with E-state index in [1.807, 2.05) is 0 Å². The number of likely N-dealkylation sites (N-methyl/N-ethyl adjacent to an activating group) is 3. The fourth-order valence-corrected chi connectivity index (χ4v) is 0.809. The van der Waals surface area contributed by atoms with Gasteiger partial charge in [0, 0.05) is 26.2 Å². The van der Waals surface area contributed by atoms with Gasteiger partial charge in [0.25, 0.3) is 0 Å². The topological polar surface area (TPSA) is 62.1 Å². The standard InChI is InChI=1S/C6H16N2.C4H12N2/c1-3-7-5-6-8-4-2;1-2-6-4-3-5/h7-8H,3-6H2,1-2H3;6H,2-5H2,1H3. The Bertz CT molecular complexity index is 68.5. The molecule has 0 aliphatic heterocycles. The molecule has 0 bridgehead atoms. The first-order valence-electron chi connectivity index (χ1n) is 5.65. The molecule has 0 aromatic heterocycles. The lowest BCUT2D eigenvalue weighted by atomic mass is 10.6. The maximum atomic E-state index is 5.15. The molecular weight excluding hydrogens is 176 g/mol. The Morgan fingerprint density at radius 3 is 1.29 bits per heavy atom. The highest BCUT2D eigenvalue weighted by Gasteiger charge is 1.79. The number of hydrogen-bond acceptors (Lipinski definition) is 4. The van der Waals surface area contributed by atoms with Crippen molar-refractivity contribution in [2.45, 2.75) is 20.8 Å². The molecule has 0 spiro atoms. The van der Waals surface area contributed by atoms with Crippen molar-refractivity contribution in [3.05, 3.63) is 0 Å². The van der Waals surface area contributed by atoms with Crippen LogP contribution in [0.1, 0.15) is 20.8 Å². The Morgan fingerprint density at radius 2 is 1.07 bits per heavy atom. The molecule has 0 saturated carbocycles. The van der Waals surface area contributed by atoms with Crippen molar-refractivity contribution in [1.29, 1.82) is 0 Å². The van der Waals surface area contributed by atoms with Crippen molar-refractivity contribution in [3.8, 4) is 0 Å². The van der Waals surface area contributed by atoms with Crippen LogP contribution in [0.5, 0.6) is 0 Å². The molecule has 4 nitrogen and oxygen atoms in total. The van der Waals surface area contributed by atoms with Crippen molar-refractivity contribution in [2.75, 3.05) is 45.8 Å². The minimum Gasteiger partial charge on any atom is -0.329 e. The molecule has 0 radical (unpaired) electrons. The minimum atomic E-state index is 0.744. The lowest BCUT2D eigenvalue weighted by Crippen LogP contribution is -2.26. The third-order valence-corrected chi connectivity index (χ3v) is 1.55. The van der Waals surface area contributed by atoms with E-state index in [-0.39, 0.29) is 0 Å². The molecule has 0 unspecified atom stereocenters. The minimum absolute atomic E-state index is 0.744. The van der Waals surface area contributed by atoms with E-state index in [9.17, 15) is 0 Å². The van der Waals surface area contributed by atoms with Crippen molar-refractivity contribution in [3.63, 3.8) is 0 Å². The molecule has 4 heteroatoms. The van der Waals surface area contributed by atoms with Crippen LogP contribution in [0, 0.1) is 0 Å². The van der Waals surface area contributed by atoms with Gasteiger partial charge in [-0.15, -0.1) is 0 Å². The van der Waals surface area contributed by atoms with E-state index in [1.54, 1.807) is 0 Å². The Balaban J connectivity index is 0. The van der Waals surface area contributed by atoms with Gasteiger partial charge in [-0.3, -0.25) is 0 Å². The highest BCUT2D eigenvalue weighted by Crippen LogP contribution is 1.56. The lowest BCUT2D eigenvalue weighted by molar-refractivity contribution is 0.641.